The number of aromatic nitrogens is 4. The molecule has 2 aromatic heterocycles. The van der Waals surface area contributed by atoms with Crippen molar-refractivity contribution < 1.29 is 0 Å². The Balaban J connectivity index is 2.94. The van der Waals surface area contributed by atoms with E-state index in [1.807, 2.05) is 0 Å². The fraction of sp³-hybridized carbons (Fsp3) is 0. The molecule has 0 saturated heterocycles. The molecule has 0 aliphatic rings. The van der Waals surface area contributed by atoms with Crippen molar-refractivity contribution in [1.29, 1.82) is 0 Å². The Kier molecular flexibility index (Phi) is 2.23. The minimum atomic E-state index is 0.00364. The van der Waals surface area contributed by atoms with Crippen LogP contribution in [-0.4, -0.2) is 19.0 Å². The maximum absolute atomic E-state index is 5.74. The van der Waals surface area contributed by atoms with E-state index in [1.165, 1.54) is 0 Å². The van der Waals surface area contributed by atoms with Crippen molar-refractivity contribution in [3.05, 3.63) is 15.7 Å². The SMILES string of the molecule is Clc1nc(Cl)c2c(n1)nc(Cl)n2Cl. The van der Waals surface area contributed by atoms with E-state index < -0.39 is 0 Å². The molecule has 0 aliphatic heterocycles. The molecule has 13 heavy (non-hydrogen) atoms. The smallest absolute Gasteiger partial charge is 0.219 e. The zero-order valence-corrected chi connectivity index (χ0v) is 8.82. The van der Waals surface area contributed by atoms with Gasteiger partial charge < -0.3 is 0 Å². The average Bonchev–Trinajstić information content (AvgIpc) is 2.27. The summed E-state index contributed by atoms with van der Waals surface area (Å²) in [5.41, 5.74) is 0.614. The van der Waals surface area contributed by atoms with Gasteiger partial charge in [0.25, 0.3) is 0 Å². The number of hydrogen-bond donors (Lipinski definition) is 0. The average molecular weight is 258 g/mol. The summed E-state index contributed by atoms with van der Waals surface area (Å²) in [5.74, 6) is 0. The van der Waals surface area contributed by atoms with Gasteiger partial charge in [-0.05, 0) is 23.2 Å². The van der Waals surface area contributed by atoms with Crippen LogP contribution in [0.15, 0.2) is 0 Å². The Morgan fingerprint density at radius 1 is 1.00 bits per heavy atom. The number of halogens is 4. The van der Waals surface area contributed by atoms with E-state index in [0.717, 1.165) is 4.09 Å². The van der Waals surface area contributed by atoms with Crippen molar-refractivity contribution in [1.82, 2.24) is 19.0 Å². The van der Waals surface area contributed by atoms with Gasteiger partial charge in [0.2, 0.25) is 10.6 Å². The molecule has 0 saturated carbocycles. The van der Waals surface area contributed by atoms with Crippen molar-refractivity contribution in [3.63, 3.8) is 0 Å². The Morgan fingerprint density at radius 3 is 2.38 bits per heavy atom. The van der Waals surface area contributed by atoms with E-state index in [1.54, 1.807) is 0 Å². The first kappa shape index (κ1) is 9.27. The molecule has 2 rings (SSSR count). The minimum absolute atomic E-state index is 0.00364. The molecule has 0 aromatic carbocycles. The molecule has 0 bridgehead atoms. The van der Waals surface area contributed by atoms with Crippen molar-refractivity contribution in [2.75, 3.05) is 0 Å². The minimum Gasteiger partial charge on any atom is -0.219 e. The predicted molar refractivity (Wildman–Crippen MR) is 51.6 cm³/mol. The van der Waals surface area contributed by atoms with E-state index in [-0.39, 0.29) is 21.4 Å². The molecule has 0 spiro atoms. The molecule has 0 amide bonds. The Hall–Kier alpha value is -0.290. The Bertz CT molecular complexity index is 479. The summed E-state index contributed by atoms with van der Waals surface area (Å²) < 4.78 is 1.07. The van der Waals surface area contributed by atoms with E-state index in [0.29, 0.717) is 5.52 Å². The maximum Gasteiger partial charge on any atom is 0.225 e. The number of nitrogens with zero attached hydrogens (tertiary/aromatic N) is 4. The van der Waals surface area contributed by atoms with Crippen LogP contribution < -0.4 is 0 Å². The summed E-state index contributed by atoms with van der Waals surface area (Å²) in [6, 6.07) is 0. The first-order valence-electron chi connectivity index (χ1n) is 3.02. The summed E-state index contributed by atoms with van der Waals surface area (Å²) in [6.07, 6.45) is 0. The second-order valence-electron chi connectivity index (χ2n) is 2.12. The molecule has 0 N–H and O–H groups in total. The van der Waals surface area contributed by atoms with Crippen LogP contribution in [0.25, 0.3) is 11.2 Å². The number of fused-ring (bicyclic) bond motifs is 1. The molecule has 2 aromatic rings. The van der Waals surface area contributed by atoms with Crippen LogP contribution >= 0.6 is 46.6 Å². The summed E-state index contributed by atoms with van der Waals surface area (Å²) in [6.45, 7) is 0. The van der Waals surface area contributed by atoms with Gasteiger partial charge in [0, 0.05) is 11.8 Å². The van der Waals surface area contributed by atoms with Crippen molar-refractivity contribution >= 4 is 57.7 Å². The Morgan fingerprint density at radius 2 is 1.69 bits per heavy atom. The molecule has 0 aliphatic carbocycles. The monoisotopic (exact) mass is 256 g/mol. The summed E-state index contributed by atoms with van der Waals surface area (Å²) >= 11 is 22.6. The van der Waals surface area contributed by atoms with Gasteiger partial charge in [-0.25, -0.2) is 9.07 Å². The van der Waals surface area contributed by atoms with Crippen LogP contribution in [-0.2, 0) is 0 Å². The molecule has 68 valence electrons. The first-order chi connectivity index (χ1) is 6.09. The Labute approximate surface area is 92.5 Å². The topological polar surface area (TPSA) is 43.6 Å². The fourth-order valence-electron chi connectivity index (χ4n) is 0.862. The first-order valence-corrected chi connectivity index (χ1v) is 4.50. The van der Waals surface area contributed by atoms with E-state index >= 15 is 0 Å². The maximum atomic E-state index is 5.74. The van der Waals surface area contributed by atoms with Gasteiger partial charge in [-0.3, -0.25) is 0 Å². The van der Waals surface area contributed by atoms with Gasteiger partial charge in [-0.1, -0.05) is 11.6 Å². The highest BCUT2D eigenvalue weighted by Gasteiger charge is 2.14. The fourth-order valence-corrected chi connectivity index (χ4v) is 1.72. The van der Waals surface area contributed by atoms with Crippen molar-refractivity contribution in [2.24, 2.45) is 0 Å². The standard InChI is InChI=1S/C5Cl4N4/c6-2-1-3(11-4(7)10-2)12-5(8)13(1)9. The van der Waals surface area contributed by atoms with Crippen LogP contribution in [0.5, 0.6) is 0 Å². The van der Waals surface area contributed by atoms with E-state index in [9.17, 15) is 0 Å². The van der Waals surface area contributed by atoms with Crippen molar-refractivity contribution in [2.45, 2.75) is 0 Å². The number of rotatable bonds is 0. The zero-order chi connectivity index (χ0) is 9.59. The molecule has 0 atom stereocenters. The normalized spacial score (nSPS) is 11.1. The van der Waals surface area contributed by atoms with E-state index in [4.69, 9.17) is 46.6 Å². The molecule has 2 heterocycles. The highest BCUT2D eigenvalue weighted by atomic mass is 35.5. The van der Waals surface area contributed by atoms with Crippen LogP contribution in [0.4, 0.5) is 0 Å². The largest absolute Gasteiger partial charge is 0.225 e. The molecular formula is C5Cl4N4. The molecular weight excluding hydrogens is 258 g/mol. The van der Waals surface area contributed by atoms with Crippen LogP contribution in [0.3, 0.4) is 0 Å². The quantitative estimate of drug-likeness (QED) is 0.414. The molecule has 8 heteroatoms. The highest BCUT2D eigenvalue weighted by Crippen LogP contribution is 2.26. The second-order valence-corrected chi connectivity index (χ2v) is 3.49. The third-order valence-corrected chi connectivity index (χ3v) is 2.45. The second kappa shape index (κ2) is 3.13. The lowest BCUT2D eigenvalue weighted by Gasteiger charge is -1.94. The third kappa shape index (κ3) is 1.44. The third-order valence-electron chi connectivity index (χ3n) is 1.35. The molecule has 0 unspecified atom stereocenters. The van der Waals surface area contributed by atoms with Gasteiger partial charge in [-0.2, -0.15) is 9.97 Å². The lowest BCUT2D eigenvalue weighted by molar-refractivity contribution is 1.20. The van der Waals surface area contributed by atoms with Crippen LogP contribution in [0.2, 0.25) is 15.7 Å². The summed E-state index contributed by atoms with van der Waals surface area (Å²) in [7, 11) is 0. The molecule has 4 nitrogen and oxygen atoms in total. The van der Waals surface area contributed by atoms with Crippen LogP contribution in [0.1, 0.15) is 0 Å². The van der Waals surface area contributed by atoms with Gasteiger partial charge in [-0.15, -0.1) is 0 Å². The number of hydrogen-bond acceptors (Lipinski definition) is 3. The van der Waals surface area contributed by atoms with Gasteiger partial charge in [0.05, 0.1) is 0 Å². The van der Waals surface area contributed by atoms with Gasteiger partial charge >= 0.3 is 0 Å². The molecule has 0 radical (unpaired) electrons. The summed E-state index contributed by atoms with van der Waals surface area (Å²) in [5, 5.41) is 0.184. The predicted octanol–water partition coefficient (Wildman–Crippen LogP) is 2.79. The van der Waals surface area contributed by atoms with Gasteiger partial charge in [0.1, 0.15) is 5.52 Å². The van der Waals surface area contributed by atoms with Crippen LogP contribution in [0, 0.1) is 0 Å². The number of imidazole rings is 1. The van der Waals surface area contributed by atoms with Gasteiger partial charge in [0.15, 0.2) is 10.8 Å². The zero-order valence-electron chi connectivity index (χ0n) is 5.80. The summed E-state index contributed by atoms with van der Waals surface area (Å²) in [4.78, 5) is 11.3. The highest BCUT2D eigenvalue weighted by molar-refractivity contribution is 6.38. The molecule has 0 fully saturated rings. The van der Waals surface area contributed by atoms with E-state index in [2.05, 4.69) is 15.0 Å². The lowest BCUT2D eigenvalue weighted by atomic mass is 10.6. The van der Waals surface area contributed by atoms with Crippen molar-refractivity contribution in [3.8, 4) is 0 Å². The lowest BCUT2D eigenvalue weighted by Crippen LogP contribution is -1.87.